The molecular weight excluding hydrogens is 278 g/mol. The molecule has 0 unspecified atom stereocenters. The molecule has 1 aromatic carbocycles. The van der Waals surface area contributed by atoms with Gasteiger partial charge in [0.2, 0.25) is 0 Å². The maximum Gasteiger partial charge on any atom is 0.251 e. The lowest BCUT2D eigenvalue weighted by molar-refractivity contribution is 0.0952. The van der Waals surface area contributed by atoms with Gasteiger partial charge in [-0.2, -0.15) is 10.5 Å². The van der Waals surface area contributed by atoms with Crippen molar-refractivity contribution in [3.05, 3.63) is 41.6 Å². The summed E-state index contributed by atoms with van der Waals surface area (Å²) in [5, 5.41) is 22.9. The number of amides is 1. The summed E-state index contributed by atoms with van der Waals surface area (Å²) in [7, 11) is 3.98. The van der Waals surface area contributed by atoms with E-state index in [0.29, 0.717) is 17.8 Å². The topological polar surface area (TPSA) is 91.9 Å². The number of carbonyl (C=O) groups excluding carboxylic acids is 1. The maximum absolute atomic E-state index is 11.9. The molecule has 0 fully saturated rings. The monoisotopic (exact) mass is 297 g/mol. The molecule has 1 rings (SSSR count). The second kappa shape index (κ2) is 9.17. The molecule has 0 bridgehead atoms. The number of nitrogens with zero attached hydrogens (tertiary/aromatic N) is 3. The van der Waals surface area contributed by atoms with E-state index in [1.807, 2.05) is 14.1 Å². The van der Waals surface area contributed by atoms with Crippen LogP contribution in [0.1, 0.15) is 16.8 Å². The summed E-state index contributed by atoms with van der Waals surface area (Å²) in [6.45, 7) is 1.56. The van der Waals surface area contributed by atoms with Gasteiger partial charge in [-0.1, -0.05) is 0 Å². The Labute approximate surface area is 130 Å². The normalized spacial score (nSPS) is 9.50. The van der Waals surface area contributed by atoms with Gasteiger partial charge >= 0.3 is 0 Å². The first kappa shape index (κ1) is 17.2. The van der Waals surface area contributed by atoms with Gasteiger partial charge in [-0.25, -0.2) is 0 Å². The molecule has 6 heteroatoms. The minimum atomic E-state index is -0.115. The SMILES string of the molecule is CN(C)CCCNC(=O)c1ccc(NC=C(C#N)C#N)cc1. The molecule has 1 aromatic rings. The summed E-state index contributed by atoms with van der Waals surface area (Å²) >= 11 is 0. The third-order valence-electron chi connectivity index (χ3n) is 2.84. The zero-order valence-corrected chi connectivity index (χ0v) is 12.8. The standard InChI is InChI=1S/C16H19N5O/c1-21(2)9-3-8-19-16(22)14-4-6-15(7-5-14)20-12-13(10-17)11-18/h4-7,12,20H,3,8-9H2,1-2H3,(H,19,22). The van der Waals surface area contributed by atoms with Gasteiger partial charge < -0.3 is 15.5 Å². The van der Waals surface area contributed by atoms with E-state index >= 15 is 0 Å². The fourth-order valence-electron chi connectivity index (χ4n) is 1.66. The largest absolute Gasteiger partial charge is 0.360 e. The van der Waals surface area contributed by atoms with Crippen LogP contribution < -0.4 is 10.6 Å². The number of anilines is 1. The van der Waals surface area contributed by atoms with E-state index in [0.717, 1.165) is 13.0 Å². The van der Waals surface area contributed by atoms with Crippen LogP contribution in [-0.4, -0.2) is 38.0 Å². The van der Waals surface area contributed by atoms with Crippen molar-refractivity contribution in [3.63, 3.8) is 0 Å². The van der Waals surface area contributed by atoms with Gasteiger partial charge in [0.25, 0.3) is 5.91 Å². The Bertz CT molecular complexity index is 589. The first-order valence-electron chi connectivity index (χ1n) is 6.86. The predicted molar refractivity (Wildman–Crippen MR) is 84.9 cm³/mol. The van der Waals surface area contributed by atoms with Crippen molar-refractivity contribution in [1.82, 2.24) is 10.2 Å². The first-order chi connectivity index (χ1) is 10.6. The summed E-state index contributed by atoms with van der Waals surface area (Å²) in [6.07, 6.45) is 2.23. The Morgan fingerprint density at radius 2 is 1.86 bits per heavy atom. The second-order valence-electron chi connectivity index (χ2n) is 4.92. The van der Waals surface area contributed by atoms with Crippen LogP contribution in [0.5, 0.6) is 0 Å². The van der Waals surface area contributed by atoms with E-state index < -0.39 is 0 Å². The number of nitrogens with one attached hydrogen (secondary N) is 2. The van der Waals surface area contributed by atoms with Crippen molar-refractivity contribution in [3.8, 4) is 12.1 Å². The van der Waals surface area contributed by atoms with Gasteiger partial charge in [-0.3, -0.25) is 4.79 Å². The van der Waals surface area contributed by atoms with Crippen LogP contribution in [0, 0.1) is 22.7 Å². The van der Waals surface area contributed by atoms with Crippen LogP contribution in [0.3, 0.4) is 0 Å². The van der Waals surface area contributed by atoms with Crippen LogP contribution in [0.4, 0.5) is 5.69 Å². The number of hydrogen-bond acceptors (Lipinski definition) is 5. The van der Waals surface area contributed by atoms with Gasteiger partial charge in [0.15, 0.2) is 0 Å². The molecule has 0 aromatic heterocycles. The molecule has 1 amide bonds. The Hall–Kier alpha value is -2.83. The van der Waals surface area contributed by atoms with Crippen LogP contribution in [0.25, 0.3) is 0 Å². The smallest absolute Gasteiger partial charge is 0.251 e. The zero-order chi connectivity index (χ0) is 16.4. The van der Waals surface area contributed by atoms with E-state index in [1.54, 1.807) is 36.4 Å². The highest BCUT2D eigenvalue weighted by atomic mass is 16.1. The van der Waals surface area contributed by atoms with Gasteiger partial charge in [0.05, 0.1) is 0 Å². The number of rotatable bonds is 7. The molecule has 0 aliphatic carbocycles. The minimum Gasteiger partial charge on any atom is -0.360 e. The van der Waals surface area contributed by atoms with Gasteiger partial charge in [-0.05, 0) is 51.3 Å². The van der Waals surface area contributed by atoms with Crippen LogP contribution in [0.15, 0.2) is 36.0 Å². The van der Waals surface area contributed by atoms with Gasteiger partial charge in [0.1, 0.15) is 17.7 Å². The van der Waals surface area contributed by atoms with E-state index in [1.165, 1.54) is 6.20 Å². The maximum atomic E-state index is 11.9. The lowest BCUT2D eigenvalue weighted by Crippen LogP contribution is -2.27. The number of allylic oxidation sites excluding steroid dienone is 1. The zero-order valence-electron chi connectivity index (χ0n) is 12.8. The van der Waals surface area contributed by atoms with Crippen LogP contribution in [-0.2, 0) is 0 Å². The minimum absolute atomic E-state index is 0.0114. The van der Waals surface area contributed by atoms with Crippen molar-refractivity contribution < 1.29 is 4.79 Å². The molecule has 114 valence electrons. The van der Waals surface area contributed by atoms with Crippen molar-refractivity contribution in [2.45, 2.75) is 6.42 Å². The average Bonchev–Trinajstić information content (AvgIpc) is 2.52. The molecule has 0 saturated carbocycles. The van der Waals surface area contributed by atoms with Crippen molar-refractivity contribution >= 4 is 11.6 Å². The molecule has 2 N–H and O–H groups in total. The first-order valence-corrected chi connectivity index (χ1v) is 6.86. The Balaban J connectivity index is 2.51. The van der Waals surface area contributed by atoms with Gasteiger partial charge in [-0.15, -0.1) is 0 Å². The number of nitriles is 2. The molecule has 22 heavy (non-hydrogen) atoms. The molecule has 0 aliphatic rings. The molecule has 0 radical (unpaired) electrons. The van der Waals surface area contributed by atoms with E-state index in [-0.39, 0.29) is 11.5 Å². The summed E-state index contributed by atoms with van der Waals surface area (Å²) in [5.41, 5.74) is 1.26. The summed E-state index contributed by atoms with van der Waals surface area (Å²) in [4.78, 5) is 14.0. The highest BCUT2D eigenvalue weighted by molar-refractivity contribution is 5.94. The van der Waals surface area contributed by atoms with E-state index in [2.05, 4.69) is 15.5 Å². The molecule has 0 heterocycles. The fourth-order valence-corrected chi connectivity index (χ4v) is 1.66. The highest BCUT2D eigenvalue weighted by Crippen LogP contribution is 2.10. The van der Waals surface area contributed by atoms with Crippen molar-refractivity contribution in [1.29, 1.82) is 10.5 Å². The lowest BCUT2D eigenvalue weighted by Gasteiger charge is -2.10. The second-order valence-corrected chi connectivity index (χ2v) is 4.92. The number of carbonyl (C=O) groups is 1. The van der Waals surface area contributed by atoms with Crippen LogP contribution in [0.2, 0.25) is 0 Å². The van der Waals surface area contributed by atoms with E-state index in [9.17, 15) is 4.79 Å². The molecule has 6 nitrogen and oxygen atoms in total. The third kappa shape index (κ3) is 6.08. The lowest BCUT2D eigenvalue weighted by atomic mass is 10.2. The molecule has 0 atom stereocenters. The van der Waals surface area contributed by atoms with E-state index in [4.69, 9.17) is 10.5 Å². The Kier molecular flexibility index (Phi) is 7.18. The highest BCUT2D eigenvalue weighted by Gasteiger charge is 2.04. The quantitative estimate of drug-likeness (QED) is 0.590. The van der Waals surface area contributed by atoms with Crippen molar-refractivity contribution in [2.75, 3.05) is 32.5 Å². The van der Waals surface area contributed by atoms with Crippen LogP contribution >= 0.6 is 0 Å². The molecule has 0 saturated heterocycles. The summed E-state index contributed by atoms with van der Waals surface area (Å²) < 4.78 is 0. The fraction of sp³-hybridized carbons (Fsp3) is 0.312. The third-order valence-corrected chi connectivity index (χ3v) is 2.84. The number of benzene rings is 1. The van der Waals surface area contributed by atoms with Gasteiger partial charge in [0, 0.05) is 24.0 Å². The molecular formula is C16H19N5O. The Morgan fingerprint density at radius 1 is 1.23 bits per heavy atom. The Morgan fingerprint density at radius 3 is 2.41 bits per heavy atom. The summed E-state index contributed by atoms with van der Waals surface area (Å²) in [5.74, 6) is -0.115. The summed E-state index contributed by atoms with van der Waals surface area (Å²) in [6, 6.07) is 10.3. The van der Waals surface area contributed by atoms with Crippen molar-refractivity contribution in [2.24, 2.45) is 0 Å². The average molecular weight is 297 g/mol. The molecule has 0 aliphatic heterocycles. The predicted octanol–water partition coefficient (Wildman–Crippen LogP) is 1.71. The molecule has 0 spiro atoms. The number of hydrogen-bond donors (Lipinski definition) is 2.